The van der Waals surface area contributed by atoms with E-state index in [1.165, 1.54) is 6.42 Å². The third kappa shape index (κ3) is 18.6. The van der Waals surface area contributed by atoms with Crippen molar-refractivity contribution in [3.05, 3.63) is 0 Å². The molecule has 6 N–H and O–H groups in total. The van der Waals surface area contributed by atoms with Gasteiger partial charge in [-0.1, -0.05) is 20.8 Å². The molecule has 0 aromatic heterocycles. The summed E-state index contributed by atoms with van der Waals surface area (Å²) in [5, 5.41) is 31.8. The van der Waals surface area contributed by atoms with Crippen LogP contribution in [-0.4, -0.2) is 137 Å². The zero-order chi connectivity index (χ0) is 24.2. The van der Waals surface area contributed by atoms with Gasteiger partial charge < -0.3 is 36.2 Å². The van der Waals surface area contributed by atoms with Gasteiger partial charge in [-0.3, -0.25) is 9.80 Å². The van der Waals surface area contributed by atoms with Gasteiger partial charge in [0, 0.05) is 91.6 Å². The van der Waals surface area contributed by atoms with Gasteiger partial charge in [0.05, 0.1) is 24.9 Å². The van der Waals surface area contributed by atoms with Crippen molar-refractivity contribution in [2.75, 3.05) is 98.2 Å². The molecule has 4 aliphatic rings. The molecule has 33 heavy (non-hydrogen) atoms. The zero-order valence-electron chi connectivity index (χ0n) is 21.7. The Morgan fingerprint density at radius 2 is 1.03 bits per heavy atom. The summed E-state index contributed by atoms with van der Waals surface area (Å²) in [4.78, 5) is 4.70. The highest BCUT2D eigenvalue weighted by Crippen LogP contribution is 2.10. The standard InChI is InChI=1S/C11H24N4O.C5H12O.C4H10N2.C4H8O/c16-11(9-14-5-1-12-2-6-14)10-15-7-3-13-4-8-15;1-3-5(6)4-2;1-2-6-4-3-5-1;1-2-4-3-5-4/h11-13,16H,1-10H2;5-6H,3-4H2,1-2H3;5-6H,1-4H2;4H,2-3H2,1H3. The zero-order valence-corrected chi connectivity index (χ0v) is 21.7. The Kier molecular flexibility index (Phi) is 19.5. The second kappa shape index (κ2) is 21.0. The summed E-state index contributed by atoms with van der Waals surface area (Å²) in [5.74, 6) is 0. The molecule has 0 amide bonds. The predicted octanol–water partition coefficient (Wildman–Crippen LogP) is -0.701. The van der Waals surface area contributed by atoms with Crippen molar-refractivity contribution in [3.63, 3.8) is 0 Å². The number of epoxide rings is 1. The van der Waals surface area contributed by atoms with Crippen molar-refractivity contribution in [2.24, 2.45) is 0 Å². The first kappa shape index (κ1) is 30.7. The second-order valence-corrected chi connectivity index (χ2v) is 9.09. The monoisotopic (exact) mass is 474 g/mol. The molecule has 4 heterocycles. The van der Waals surface area contributed by atoms with Crippen LogP contribution >= 0.6 is 0 Å². The lowest BCUT2D eigenvalue weighted by Crippen LogP contribution is -2.50. The van der Waals surface area contributed by atoms with E-state index in [0.717, 1.165) is 111 Å². The molecule has 0 aliphatic carbocycles. The van der Waals surface area contributed by atoms with Gasteiger partial charge in [-0.15, -0.1) is 0 Å². The highest BCUT2D eigenvalue weighted by atomic mass is 16.6. The van der Waals surface area contributed by atoms with E-state index in [9.17, 15) is 5.11 Å². The first-order valence-corrected chi connectivity index (χ1v) is 13.3. The predicted molar refractivity (Wildman–Crippen MR) is 137 cm³/mol. The lowest BCUT2D eigenvalue weighted by Gasteiger charge is -2.33. The smallest absolute Gasteiger partial charge is 0.0807 e. The maximum absolute atomic E-state index is 10.0. The van der Waals surface area contributed by atoms with E-state index in [0.29, 0.717) is 6.10 Å². The number of hydrogen-bond donors (Lipinski definition) is 6. The van der Waals surface area contributed by atoms with Crippen LogP contribution in [0.3, 0.4) is 0 Å². The molecule has 4 rings (SSSR count). The van der Waals surface area contributed by atoms with Gasteiger partial charge in [-0.25, -0.2) is 0 Å². The summed E-state index contributed by atoms with van der Waals surface area (Å²) in [6.07, 6.45) is 3.34. The minimum Gasteiger partial charge on any atom is -0.393 e. The number of rotatable bonds is 7. The molecule has 1 atom stereocenters. The van der Waals surface area contributed by atoms with Gasteiger partial charge in [-0.05, 0) is 19.3 Å². The fourth-order valence-corrected chi connectivity index (χ4v) is 3.64. The summed E-state index contributed by atoms with van der Waals surface area (Å²) >= 11 is 0. The van der Waals surface area contributed by atoms with Gasteiger partial charge in [-0.2, -0.15) is 0 Å². The van der Waals surface area contributed by atoms with E-state index in [1.807, 2.05) is 13.8 Å². The number of aliphatic hydroxyl groups is 2. The lowest BCUT2D eigenvalue weighted by atomic mass is 10.2. The molecule has 198 valence electrons. The van der Waals surface area contributed by atoms with Crippen molar-refractivity contribution in [2.45, 2.75) is 58.3 Å². The van der Waals surface area contributed by atoms with Crippen LogP contribution in [-0.2, 0) is 4.74 Å². The topological polar surface area (TPSA) is 108 Å². The molecular weight excluding hydrogens is 420 g/mol. The second-order valence-electron chi connectivity index (χ2n) is 9.09. The van der Waals surface area contributed by atoms with E-state index >= 15 is 0 Å². The van der Waals surface area contributed by atoms with E-state index in [2.05, 4.69) is 38.0 Å². The molecule has 0 spiro atoms. The number of β-amino-alcohol motifs (C(OH)–C–C–N with tert-alkyl or cyclic N) is 1. The molecule has 0 aromatic rings. The van der Waals surface area contributed by atoms with E-state index in [-0.39, 0.29) is 12.2 Å². The van der Waals surface area contributed by atoms with Crippen LogP contribution in [0.5, 0.6) is 0 Å². The summed E-state index contributed by atoms with van der Waals surface area (Å²) in [6, 6.07) is 0. The number of hydrogen-bond acceptors (Lipinski definition) is 9. The number of nitrogens with one attached hydrogen (secondary N) is 4. The van der Waals surface area contributed by atoms with Crippen molar-refractivity contribution >= 4 is 0 Å². The van der Waals surface area contributed by atoms with Gasteiger partial charge in [0.15, 0.2) is 0 Å². The Balaban J connectivity index is 0.000000262. The summed E-state index contributed by atoms with van der Waals surface area (Å²) in [5.41, 5.74) is 0. The molecule has 4 aliphatic heterocycles. The largest absolute Gasteiger partial charge is 0.393 e. The number of piperazine rings is 3. The number of nitrogens with zero attached hydrogens (tertiary/aromatic N) is 2. The van der Waals surface area contributed by atoms with E-state index in [4.69, 9.17) is 9.84 Å². The van der Waals surface area contributed by atoms with Crippen LogP contribution in [0.25, 0.3) is 0 Å². The molecule has 1 unspecified atom stereocenters. The van der Waals surface area contributed by atoms with Crippen molar-refractivity contribution in [1.29, 1.82) is 0 Å². The first-order valence-electron chi connectivity index (χ1n) is 13.3. The SMILES string of the molecule is C1CNCCN1.CCC(O)CC.CCC1CO1.OC(CN1CCNCC1)CN1CCNCC1. The summed E-state index contributed by atoms with van der Waals surface area (Å²) < 4.78 is 4.86. The minimum absolute atomic E-state index is 0.0648. The fourth-order valence-electron chi connectivity index (χ4n) is 3.64. The maximum atomic E-state index is 10.0. The van der Waals surface area contributed by atoms with Crippen LogP contribution in [0.4, 0.5) is 0 Å². The van der Waals surface area contributed by atoms with Crippen molar-refractivity contribution in [1.82, 2.24) is 31.1 Å². The fraction of sp³-hybridized carbons (Fsp3) is 1.00. The maximum Gasteiger partial charge on any atom is 0.0807 e. The molecule has 0 aromatic carbocycles. The van der Waals surface area contributed by atoms with Gasteiger partial charge >= 0.3 is 0 Å². The minimum atomic E-state index is -0.198. The lowest BCUT2D eigenvalue weighted by molar-refractivity contribution is 0.0655. The van der Waals surface area contributed by atoms with Gasteiger partial charge in [0.2, 0.25) is 0 Å². The molecule has 0 bridgehead atoms. The number of aliphatic hydroxyl groups excluding tert-OH is 2. The highest BCUT2D eigenvalue weighted by molar-refractivity contribution is 4.75. The Labute approximate surface area is 203 Å². The Morgan fingerprint density at radius 3 is 1.24 bits per heavy atom. The summed E-state index contributed by atoms with van der Waals surface area (Å²) in [6.45, 7) is 21.8. The van der Waals surface area contributed by atoms with E-state index in [1.54, 1.807) is 0 Å². The average molecular weight is 475 g/mol. The Hall–Kier alpha value is -0.360. The highest BCUT2D eigenvalue weighted by Gasteiger charge is 2.18. The molecule has 9 heteroatoms. The normalized spacial score (nSPS) is 23.5. The molecule has 4 fully saturated rings. The number of ether oxygens (including phenoxy) is 1. The van der Waals surface area contributed by atoms with Crippen LogP contribution in [0.2, 0.25) is 0 Å². The van der Waals surface area contributed by atoms with Crippen LogP contribution in [0.15, 0.2) is 0 Å². The van der Waals surface area contributed by atoms with Gasteiger partial charge in [0.1, 0.15) is 0 Å². The van der Waals surface area contributed by atoms with E-state index < -0.39 is 0 Å². The quantitative estimate of drug-likeness (QED) is 0.267. The van der Waals surface area contributed by atoms with Crippen LogP contribution in [0.1, 0.15) is 40.0 Å². The third-order valence-electron chi connectivity index (χ3n) is 6.11. The molecular formula is C24H54N6O3. The third-order valence-corrected chi connectivity index (χ3v) is 6.11. The molecule has 9 nitrogen and oxygen atoms in total. The van der Waals surface area contributed by atoms with Crippen molar-refractivity contribution < 1.29 is 14.9 Å². The first-order chi connectivity index (χ1) is 16.1. The molecule has 0 radical (unpaired) electrons. The van der Waals surface area contributed by atoms with Gasteiger partial charge in [0.25, 0.3) is 0 Å². The molecule has 4 saturated heterocycles. The molecule has 0 saturated carbocycles. The van der Waals surface area contributed by atoms with Crippen LogP contribution in [0, 0.1) is 0 Å². The Bertz CT molecular complexity index is 379. The Morgan fingerprint density at radius 1 is 0.667 bits per heavy atom. The van der Waals surface area contributed by atoms with Crippen molar-refractivity contribution in [3.8, 4) is 0 Å². The summed E-state index contributed by atoms with van der Waals surface area (Å²) in [7, 11) is 0. The average Bonchev–Trinajstić information content (AvgIpc) is 3.72. The van der Waals surface area contributed by atoms with Crippen LogP contribution < -0.4 is 21.3 Å².